The van der Waals surface area contributed by atoms with E-state index in [2.05, 4.69) is 0 Å². The minimum absolute atomic E-state index is 0.124. The molecule has 0 bridgehead atoms. The summed E-state index contributed by atoms with van der Waals surface area (Å²) in [6.07, 6.45) is 0.653. The quantitative estimate of drug-likeness (QED) is 0.817. The van der Waals surface area contributed by atoms with Crippen LogP contribution in [0.4, 0.5) is 5.69 Å². The Bertz CT molecular complexity index is 638. The van der Waals surface area contributed by atoms with Crippen LogP contribution in [0.1, 0.15) is 17.0 Å². The molecule has 1 aliphatic heterocycles. The molecule has 2 aromatic carbocycles. The summed E-state index contributed by atoms with van der Waals surface area (Å²) in [5.41, 5.74) is 3.12. The Morgan fingerprint density at radius 2 is 1.79 bits per heavy atom. The van der Waals surface area contributed by atoms with Gasteiger partial charge in [0.15, 0.2) is 0 Å². The molecule has 2 aromatic rings. The molecule has 1 atom stereocenters. The van der Waals surface area contributed by atoms with Crippen LogP contribution in [-0.4, -0.2) is 13.0 Å². The van der Waals surface area contributed by atoms with Crippen molar-refractivity contribution in [1.82, 2.24) is 0 Å². The van der Waals surface area contributed by atoms with Crippen LogP contribution >= 0.6 is 11.6 Å². The first-order valence-electron chi connectivity index (χ1n) is 6.28. The fourth-order valence-corrected chi connectivity index (χ4v) is 2.87. The Labute approximate surface area is 117 Å². The van der Waals surface area contributed by atoms with E-state index in [9.17, 15) is 4.79 Å². The average molecular weight is 272 g/mol. The highest BCUT2D eigenvalue weighted by atomic mass is 35.5. The zero-order chi connectivity index (χ0) is 13.4. The van der Waals surface area contributed by atoms with E-state index < -0.39 is 0 Å². The highest BCUT2D eigenvalue weighted by Gasteiger charge is 2.34. The third-order valence-electron chi connectivity index (χ3n) is 3.68. The number of hydrogen-bond acceptors (Lipinski definition) is 1. The summed E-state index contributed by atoms with van der Waals surface area (Å²) in [6.45, 7) is 0. The van der Waals surface area contributed by atoms with Crippen molar-refractivity contribution >= 4 is 23.2 Å². The van der Waals surface area contributed by atoms with E-state index >= 15 is 0 Å². The number of para-hydroxylation sites is 1. The molecule has 0 fully saturated rings. The van der Waals surface area contributed by atoms with E-state index in [0.717, 1.165) is 21.8 Å². The molecule has 0 spiro atoms. The summed E-state index contributed by atoms with van der Waals surface area (Å²) in [6, 6.07) is 15.7. The van der Waals surface area contributed by atoms with Gasteiger partial charge in [0, 0.05) is 17.8 Å². The van der Waals surface area contributed by atoms with E-state index in [1.54, 1.807) is 4.90 Å². The lowest BCUT2D eigenvalue weighted by Crippen LogP contribution is -2.24. The van der Waals surface area contributed by atoms with Gasteiger partial charge in [-0.3, -0.25) is 4.79 Å². The van der Waals surface area contributed by atoms with Crippen molar-refractivity contribution in [3.63, 3.8) is 0 Å². The van der Waals surface area contributed by atoms with Crippen molar-refractivity contribution in [3.8, 4) is 0 Å². The summed E-state index contributed by atoms with van der Waals surface area (Å²) < 4.78 is 0. The second-order valence-corrected chi connectivity index (χ2v) is 5.21. The normalized spacial score (nSPS) is 17.7. The van der Waals surface area contributed by atoms with Crippen LogP contribution in [0.3, 0.4) is 0 Å². The number of likely N-dealkylation sites (N-methyl/N-ethyl adjacent to an activating group) is 1. The molecule has 0 unspecified atom stereocenters. The summed E-state index contributed by atoms with van der Waals surface area (Å²) in [4.78, 5) is 14.1. The van der Waals surface area contributed by atoms with Crippen molar-refractivity contribution < 1.29 is 4.79 Å². The van der Waals surface area contributed by atoms with Gasteiger partial charge in [-0.15, -0.1) is 0 Å². The minimum Gasteiger partial charge on any atom is -0.315 e. The number of hydrogen-bond donors (Lipinski definition) is 0. The maximum atomic E-state index is 12.4. The second-order valence-electron chi connectivity index (χ2n) is 4.80. The van der Waals surface area contributed by atoms with Gasteiger partial charge in [0.1, 0.15) is 0 Å². The SMILES string of the molecule is CN1C(=O)[C@H](Cc2ccccc2Cl)c2ccccc21. The van der Waals surface area contributed by atoms with Gasteiger partial charge in [0.05, 0.1) is 5.92 Å². The molecule has 0 radical (unpaired) electrons. The van der Waals surface area contributed by atoms with Gasteiger partial charge in [-0.25, -0.2) is 0 Å². The number of nitrogens with zero attached hydrogens (tertiary/aromatic N) is 1. The first-order chi connectivity index (χ1) is 9.18. The number of carbonyl (C=O) groups excluding carboxylic acids is 1. The summed E-state index contributed by atoms with van der Waals surface area (Å²) in [7, 11) is 1.83. The number of benzene rings is 2. The predicted molar refractivity (Wildman–Crippen MR) is 77.7 cm³/mol. The van der Waals surface area contributed by atoms with Gasteiger partial charge in [-0.2, -0.15) is 0 Å². The molecule has 3 heteroatoms. The lowest BCUT2D eigenvalue weighted by Gasteiger charge is -2.12. The number of amides is 1. The molecule has 0 N–H and O–H groups in total. The molecule has 0 aliphatic carbocycles. The van der Waals surface area contributed by atoms with Crippen molar-refractivity contribution in [2.24, 2.45) is 0 Å². The van der Waals surface area contributed by atoms with Crippen molar-refractivity contribution in [2.75, 3.05) is 11.9 Å². The molecular weight excluding hydrogens is 258 g/mol. The van der Waals surface area contributed by atoms with Crippen LogP contribution in [0.25, 0.3) is 0 Å². The van der Waals surface area contributed by atoms with Gasteiger partial charge < -0.3 is 4.90 Å². The number of anilines is 1. The average Bonchev–Trinajstić information content (AvgIpc) is 2.67. The van der Waals surface area contributed by atoms with Crippen LogP contribution in [0.15, 0.2) is 48.5 Å². The molecule has 0 aromatic heterocycles. The molecule has 0 saturated carbocycles. The fraction of sp³-hybridized carbons (Fsp3) is 0.188. The van der Waals surface area contributed by atoms with Crippen LogP contribution < -0.4 is 4.90 Å². The molecule has 1 heterocycles. The van der Waals surface area contributed by atoms with Gasteiger partial charge >= 0.3 is 0 Å². The van der Waals surface area contributed by atoms with Crippen LogP contribution in [0, 0.1) is 0 Å². The number of carbonyl (C=O) groups is 1. The van der Waals surface area contributed by atoms with E-state index in [1.165, 1.54) is 0 Å². The molecule has 0 saturated heterocycles. The summed E-state index contributed by atoms with van der Waals surface area (Å²) in [5, 5.41) is 0.724. The smallest absolute Gasteiger partial charge is 0.234 e. The minimum atomic E-state index is -0.124. The van der Waals surface area contributed by atoms with Gasteiger partial charge in [0.2, 0.25) is 5.91 Å². The van der Waals surface area contributed by atoms with E-state index in [0.29, 0.717) is 6.42 Å². The van der Waals surface area contributed by atoms with E-state index in [4.69, 9.17) is 11.6 Å². The first-order valence-corrected chi connectivity index (χ1v) is 6.66. The maximum absolute atomic E-state index is 12.4. The lowest BCUT2D eigenvalue weighted by atomic mass is 9.93. The molecule has 3 rings (SSSR count). The highest BCUT2D eigenvalue weighted by Crippen LogP contribution is 2.38. The highest BCUT2D eigenvalue weighted by molar-refractivity contribution is 6.31. The molecular formula is C16H14ClNO. The van der Waals surface area contributed by atoms with Gasteiger partial charge in [-0.05, 0) is 29.7 Å². The molecule has 96 valence electrons. The van der Waals surface area contributed by atoms with Crippen molar-refractivity contribution in [1.29, 1.82) is 0 Å². The molecule has 2 nitrogen and oxygen atoms in total. The third-order valence-corrected chi connectivity index (χ3v) is 4.05. The fourth-order valence-electron chi connectivity index (χ4n) is 2.65. The van der Waals surface area contributed by atoms with E-state index in [-0.39, 0.29) is 11.8 Å². The zero-order valence-corrected chi connectivity index (χ0v) is 11.4. The first kappa shape index (κ1) is 12.2. The number of rotatable bonds is 2. The Balaban J connectivity index is 1.98. The standard InChI is InChI=1S/C16H14ClNO/c1-18-15-9-5-3-7-12(15)13(16(18)19)10-11-6-2-4-8-14(11)17/h2-9,13H,10H2,1H3/t13-/m1/s1. The lowest BCUT2D eigenvalue weighted by molar-refractivity contribution is -0.119. The largest absolute Gasteiger partial charge is 0.315 e. The Kier molecular flexibility index (Phi) is 3.03. The van der Waals surface area contributed by atoms with Crippen molar-refractivity contribution in [3.05, 3.63) is 64.7 Å². The predicted octanol–water partition coefficient (Wildman–Crippen LogP) is 3.64. The topological polar surface area (TPSA) is 20.3 Å². The van der Waals surface area contributed by atoms with Crippen LogP contribution in [-0.2, 0) is 11.2 Å². The second kappa shape index (κ2) is 4.71. The van der Waals surface area contributed by atoms with Crippen LogP contribution in [0.2, 0.25) is 5.02 Å². The number of halogens is 1. The summed E-state index contributed by atoms with van der Waals surface area (Å²) in [5.74, 6) is 0.0159. The summed E-state index contributed by atoms with van der Waals surface area (Å²) >= 11 is 6.19. The molecule has 19 heavy (non-hydrogen) atoms. The Hall–Kier alpha value is -1.80. The molecule has 1 aliphatic rings. The third kappa shape index (κ3) is 2.02. The van der Waals surface area contributed by atoms with Gasteiger partial charge in [-0.1, -0.05) is 48.0 Å². The number of fused-ring (bicyclic) bond motifs is 1. The van der Waals surface area contributed by atoms with Crippen LogP contribution in [0.5, 0.6) is 0 Å². The Morgan fingerprint density at radius 1 is 1.11 bits per heavy atom. The monoisotopic (exact) mass is 271 g/mol. The van der Waals surface area contributed by atoms with E-state index in [1.807, 2.05) is 55.6 Å². The van der Waals surface area contributed by atoms with Gasteiger partial charge in [0.25, 0.3) is 0 Å². The molecule has 1 amide bonds. The van der Waals surface area contributed by atoms with Crippen molar-refractivity contribution in [2.45, 2.75) is 12.3 Å². The maximum Gasteiger partial charge on any atom is 0.234 e. The zero-order valence-electron chi connectivity index (χ0n) is 10.6. The Morgan fingerprint density at radius 3 is 2.58 bits per heavy atom.